The lowest BCUT2D eigenvalue weighted by atomic mass is 9.83. The number of hydrogen-bond donors (Lipinski definition) is 1. The number of aliphatic hydroxyl groups excluding tert-OH is 1. The van der Waals surface area contributed by atoms with Crippen molar-refractivity contribution in [2.24, 2.45) is 5.92 Å². The molecule has 70 valence electrons. The second-order valence-electron chi connectivity index (χ2n) is 4.50. The minimum absolute atomic E-state index is 0.0273. The number of piperidine rings is 1. The quantitative estimate of drug-likeness (QED) is 0.590. The van der Waals surface area contributed by atoms with E-state index in [1.165, 1.54) is 25.8 Å². The van der Waals surface area contributed by atoms with Crippen LogP contribution < -0.4 is 0 Å². The van der Waals surface area contributed by atoms with E-state index < -0.39 is 0 Å². The van der Waals surface area contributed by atoms with Crippen molar-refractivity contribution in [2.75, 3.05) is 13.6 Å². The first-order valence-electron chi connectivity index (χ1n) is 5.14. The zero-order valence-corrected chi connectivity index (χ0v) is 7.87. The molecular formula is C10H19NO. The van der Waals surface area contributed by atoms with Gasteiger partial charge in [0.05, 0.1) is 6.10 Å². The Morgan fingerprint density at radius 1 is 1.17 bits per heavy atom. The van der Waals surface area contributed by atoms with Crippen molar-refractivity contribution in [3.05, 3.63) is 0 Å². The smallest absolute Gasteiger partial charge is 0.0555 e. The Morgan fingerprint density at radius 2 is 1.92 bits per heavy atom. The number of rotatable bonds is 0. The van der Waals surface area contributed by atoms with Crippen molar-refractivity contribution in [3.8, 4) is 0 Å². The van der Waals surface area contributed by atoms with Gasteiger partial charge in [0.15, 0.2) is 0 Å². The van der Waals surface area contributed by atoms with Crippen LogP contribution in [0.1, 0.15) is 32.1 Å². The molecule has 3 aliphatic rings. The molecule has 3 rings (SSSR count). The van der Waals surface area contributed by atoms with Crippen LogP contribution in [0.25, 0.3) is 0 Å². The topological polar surface area (TPSA) is 23.5 Å². The monoisotopic (exact) mass is 169 g/mol. The Bertz CT molecular complexity index is 160. The van der Waals surface area contributed by atoms with Gasteiger partial charge in [-0.15, -0.1) is 0 Å². The maximum absolute atomic E-state index is 9.63. The predicted octanol–water partition coefficient (Wildman–Crippen LogP) is 1.24. The van der Waals surface area contributed by atoms with Gasteiger partial charge in [0, 0.05) is 12.6 Å². The van der Waals surface area contributed by atoms with Crippen molar-refractivity contribution >= 4 is 0 Å². The van der Waals surface area contributed by atoms with E-state index in [9.17, 15) is 5.11 Å². The molecule has 3 atom stereocenters. The average Bonchev–Trinajstić information content (AvgIpc) is 2.02. The molecule has 0 aromatic carbocycles. The molecule has 2 heteroatoms. The summed E-state index contributed by atoms with van der Waals surface area (Å²) in [5.41, 5.74) is 0. The van der Waals surface area contributed by atoms with Gasteiger partial charge in [-0.2, -0.15) is 0 Å². The minimum atomic E-state index is -0.0273. The maximum atomic E-state index is 9.63. The SMILES string of the molecule is CN1CC2CCC(O)CC1CC2. The van der Waals surface area contributed by atoms with Gasteiger partial charge in [-0.05, 0) is 45.1 Å². The highest BCUT2D eigenvalue weighted by Gasteiger charge is 2.30. The zero-order chi connectivity index (χ0) is 8.55. The summed E-state index contributed by atoms with van der Waals surface area (Å²) in [5.74, 6) is 0.862. The fourth-order valence-corrected chi connectivity index (χ4v) is 2.69. The Labute approximate surface area is 74.6 Å². The molecule has 2 saturated heterocycles. The summed E-state index contributed by atoms with van der Waals surface area (Å²) in [6.07, 6.45) is 5.94. The van der Waals surface area contributed by atoms with Gasteiger partial charge in [-0.3, -0.25) is 0 Å². The lowest BCUT2D eigenvalue weighted by Gasteiger charge is -2.41. The standard InChI is InChI=1S/C10H19NO/c1-11-7-8-2-4-9(11)6-10(12)5-3-8/h8-10,12H,2-7H2,1H3. The second-order valence-corrected chi connectivity index (χ2v) is 4.50. The summed E-state index contributed by atoms with van der Waals surface area (Å²) in [4.78, 5) is 2.44. The van der Waals surface area contributed by atoms with E-state index in [-0.39, 0.29) is 6.10 Å². The van der Waals surface area contributed by atoms with Crippen LogP contribution in [0.2, 0.25) is 0 Å². The first kappa shape index (κ1) is 8.52. The Kier molecular flexibility index (Phi) is 2.37. The normalized spacial score (nSPS) is 44.0. The molecule has 2 aliphatic heterocycles. The van der Waals surface area contributed by atoms with Crippen LogP contribution in [-0.4, -0.2) is 35.7 Å². The molecule has 1 saturated carbocycles. The van der Waals surface area contributed by atoms with Crippen LogP contribution in [0.15, 0.2) is 0 Å². The molecule has 0 aromatic heterocycles. The van der Waals surface area contributed by atoms with Gasteiger partial charge < -0.3 is 10.0 Å². The molecule has 3 unspecified atom stereocenters. The Hall–Kier alpha value is -0.0800. The van der Waals surface area contributed by atoms with Crippen molar-refractivity contribution < 1.29 is 5.11 Å². The van der Waals surface area contributed by atoms with Gasteiger partial charge in [0.25, 0.3) is 0 Å². The fraction of sp³-hybridized carbons (Fsp3) is 1.00. The summed E-state index contributed by atoms with van der Waals surface area (Å²) in [6.45, 7) is 1.26. The molecular weight excluding hydrogens is 150 g/mol. The third-order valence-corrected chi connectivity index (χ3v) is 3.53. The largest absolute Gasteiger partial charge is 0.393 e. The zero-order valence-electron chi connectivity index (χ0n) is 7.87. The molecule has 2 heterocycles. The summed E-state index contributed by atoms with van der Waals surface area (Å²) in [7, 11) is 2.20. The van der Waals surface area contributed by atoms with Crippen molar-refractivity contribution in [1.29, 1.82) is 0 Å². The van der Waals surface area contributed by atoms with Crippen LogP contribution in [0.5, 0.6) is 0 Å². The van der Waals surface area contributed by atoms with Crippen LogP contribution >= 0.6 is 0 Å². The lowest BCUT2D eigenvalue weighted by Crippen LogP contribution is -2.44. The van der Waals surface area contributed by atoms with Crippen molar-refractivity contribution in [1.82, 2.24) is 4.90 Å². The van der Waals surface area contributed by atoms with Crippen LogP contribution in [0.4, 0.5) is 0 Å². The highest BCUT2D eigenvalue weighted by atomic mass is 16.3. The Balaban J connectivity index is 2.03. The molecule has 0 spiro atoms. The van der Waals surface area contributed by atoms with Crippen LogP contribution in [0, 0.1) is 5.92 Å². The van der Waals surface area contributed by atoms with E-state index in [4.69, 9.17) is 0 Å². The molecule has 1 N–H and O–H groups in total. The van der Waals surface area contributed by atoms with E-state index in [0.29, 0.717) is 6.04 Å². The van der Waals surface area contributed by atoms with Crippen molar-refractivity contribution in [2.45, 2.75) is 44.2 Å². The molecule has 2 nitrogen and oxygen atoms in total. The highest BCUT2D eigenvalue weighted by Crippen LogP contribution is 2.30. The summed E-state index contributed by atoms with van der Waals surface area (Å²) in [6, 6.07) is 0.663. The second kappa shape index (κ2) is 3.35. The number of fused-ring (bicyclic) bond motifs is 5. The molecule has 3 fully saturated rings. The summed E-state index contributed by atoms with van der Waals surface area (Å²) in [5, 5.41) is 9.63. The van der Waals surface area contributed by atoms with E-state index in [1.54, 1.807) is 0 Å². The first-order chi connectivity index (χ1) is 5.75. The third-order valence-electron chi connectivity index (χ3n) is 3.53. The van der Waals surface area contributed by atoms with E-state index in [2.05, 4.69) is 11.9 Å². The molecule has 0 aromatic rings. The van der Waals surface area contributed by atoms with E-state index in [1.807, 2.05) is 0 Å². The summed E-state index contributed by atoms with van der Waals surface area (Å²) >= 11 is 0. The third kappa shape index (κ3) is 1.64. The number of nitrogens with zero attached hydrogens (tertiary/aromatic N) is 1. The van der Waals surface area contributed by atoms with Gasteiger partial charge in [-0.25, -0.2) is 0 Å². The average molecular weight is 169 g/mol. The number of hydrogen-bond acceptors (Lipinski definition) is 2. The number of aliphatic hydroxyl groups is 1. The van der Waals surface area contributed by atoms with Crippen LogP contribution in [0.3, 0.4) is 0 Å². The van der Waals surface area contributed by atoms with E-state index >= 15 is 0 Å². The molecule has 0 radical (unpaired) electrons. The minimum Gasteiger partial charge on any atom is -0.393 e. The molecule has 1 aliphatic carbocycles. The van der Waals surface area contributed by atoms with Gasteiger partial charge in [-0.1, -0.05) is 0 Å². The van der Waals surface area contributed by atoms with Gasteiger partial charge in [0.2, 0.25) is 0 Å². The maximum Gasteiger partial charge on any atom is 0.0555 e. The lowest BCUT2D eigenvalue weighted by molar-refractivity contribution is 0.0379. The molecule has 2 bridgehead atoms. The van der Waals surface area contributed by atoms with Crippen molar-refractivity contribution in [3.63, 3.8) is 0 Å². The van der Waals surface area contributed by atoms with Crippen LogP contribution in [-0.2, 0) is 0 Å². The predicted molar refractivity (Wildman–Crippen MR) is 49.0 cm³/mol. The van der Waals surface area contributed by atoms with Gasteiger partial charge >= 0.3 is 0 Å². The fourth-order valence-electron chi connectivity index (χ4n) is 2.69. The molecule has 12 heavy (non-hydrogen) atoms. The first-order valence-corrected chi connectivity index (χ1v) is 5.14. The van der Waals surface area contributed by atoms with E-state index in [0.717, 1.165) is 18.8 Å². The highest BCUT2D eigenvalue weighted by molar-refractivity contribution is 4.84. The Morgan fingerprint density at radius 3 is 2.67 bits per heavy atom. The van der Waals surface area contributed by atoms with Gasteiger partial charge in [0.1, 0.15) is 0 Å². The molecule has 0 amide bonds. The summed E-state index contributed by atoms with van der Waals surface area (Å²) < 4.78 is 0.